The summed E-state index contributed by atoms with van der Waals surface area (Å²) in [5.41, 5.74) is 12.8. The number of nitrogens with zero attached hydrogens (tertiary/aromatic N) is 11. The van der Waals surface area contributed by atoms with E-state index in [-0.39, 0.29) is 17.7 Å². The van der Waals surface area contributed by atoms with E-state index in [2.05, 4.69) is 68.5 Å². The maximum absolute atomic E-state index is 13.9. The lowest BCUT2D eigenvalue weighted by atomic mass is 10.1. The fourth-order valence-electron chi connectivity index (χ4n) is 7.20. The smallest absolute Gasteiger partial charge is 0.329 e. The Kier molecular flexibility index (Phi) is 9.95. The lowest BCUT2D eigenvalue weighted by Gasteiger charge is -2.35. The predicted molar refractivity (Wildman–Crippen MR) is 209 cm³/mol. The maximum atomic E-state index is 13.9. The summed E-state index contributed by atoms with van der Waals surface area (Å²) in [6.07, 6.45) is 10.7. The molecule has 4 N–H and O–H groups in total. The highest BCUT2D eigenvalue weighted by atomic mass is 19.1. The Morgan fingerprint density at radius 1 is 0.732 bits per heavy atom. The molecule has 15 nitrogen and oxygen atoms in total. The standard InChI is InChI=1S/C20H18FN7O.C15H16N4.C4H4FN3/c1-12-10-13(4-6-22-12)15-2-3-16-19(25-15)28(14-5-9-27(16)11-14)20(29)26-18-17(21)23-7-8-24-18;1-10-8-11(4-6-16-10)13-2-3-14-15(18-13)17-12-5-7-19(14)9-12;5-3-4(6)8-2-1-7-3/h2-4,6-8,10,14H,5,9,11H2,1H3,(H,24,26,29);2-4,6,8,12H,5,7,9H2,1H3,(H,17,18);1-2H,(H2,6,8)/t14-;12-;/m00./s1. The zero-order valence-electron chi connectivity index (χ0n) is 30.6. The zero-order valence-corrected chi connectivity index (χ0v) is 30.6. The van der Waals surface area contributed by atoms with Crippen LogP contribution in [0.1, 0.15) is 24.2 Å². The van der Waals surface area contributed by atoms with Crippen LogP contribution < -0.4 is 31.1 Å². The number of nitrogen functional groups attached to an aromatic ring is 1. The highest BCUT2D eigenvalue weighted by molar-refractivity contribution is 6.04. The molecule has 2 fully saturated rings. The van der Waals surface area contributed by atoms with Gasteiger partial charge in [0.15, 0.2) is 23.3 Å². The number of amides is 2. The van der Waals surface area contributed by atoms with Crippen molar-refractivity contribution in [3.63, 3.8) is 0 Å². The number of nitrogens with two attached hydrogens (primary N) is 1. The Labute approximate surface area is 321 Å². The third-order valence-electron chi connectivity index (χ3n) is 9.86. The van der Waals surface area contributed by atoms with Gasteiger partial charge in [-0.15, -0.1) is 0 Å². The Morgan fingerprint density at radius 2 is 1.36 bits per heavy atom. The molecule has 10 rings (SSSR count). The van der Waals surface area contributed by atoms with Crippen molar-refractivity contribution in [1.82, 2.24) is 39.9 Å². The van der Waals surface area contributed by atoms with Gasteiger partial charge in [0.25, 0.3) is 11.9 Å². The minimum Gasteiger partial charge on any atom is -0.380 e. The Hall–Kier alpha value is -6.91. The number of halogens is 2. The first kappa shape index (κ1) is 36.1. The summed E-state index contributed by atoms with van der Waals surface area (Å²) in [4.78, 5) is 51.4. The van der Waals surface area contributed by atoms with Gasteiger partial charge in [-0.25, -0.2) is 34.7 Å². The number of carbonyl (C=O) groups is 1. The molecule has 6 aromatic rings. The fraction of sp³-hybridized carbons (Fsp3) is 0.256. The van der Waals surface area contributed by atoms with Crippen molar-refractivity contribution in [1.29, 1.82) is 0 Å². The van der Waals surface area contributed by atoms with Crippen molar-refractivity contribution in [3.05, 3.63) is 109 Å². The fourth-order valence-corrected chi connectivity index (χ4v) is 7.20. The van der Waals surface area contributed by atoms with Crippen molar-refractivity contribution in [3.8, 4) is 22.5 Å². The molecule has 0 spiro atoms. The number of carbonyl (C=O) groups excluding carboxylic acids is 1. The molecule has 0 unspecified atom stereocenters. The van der Waals surface area contributed by atoms with Crippen LogP contribution in [0.25, 0.3) is 22.5 Å². The molecule has 2 atom stereocenters. The molecule has 4 bridgehead atoms. The highest BCUT2D eigenvalue weighted by Gasteiger charge is 2.40. The molecule has 10 heterocycles. The predicted octanol–water partition coefficient (Wildman–Crippen LogP) is 5.67. The van der Waals surface area contributed by atoms with Crippen LogP contribution in [0.5, 0.6) is 0 Å². The number of urea groups is 1. The molecule has 2 amide bonds. The van der Waals surface area contributed by atoms with Crippen LogP contribution in [0, 0.1) is 25.7 Å². The van der Waals surface area contributed by atoms with Gasteiger partial charge in [0.05, 0.1) is 28.8 Å². The molecule has 2 saturated heterocycles. The molecule has 0 radical (unpaired) electrons. The topological polar surface area (TPSA) is 180 Å². The van der Waals surface area contributed by atoms with E-state index in [9.17, 15) is 13.6 Å². The van der Waals surface area contributed by atoms with Gasteiger partial charge in [-0.2, -0.15) is 8.78 Å². The van der Waals surface area contributed by atoms with E-state index in [1.807, 2.05) is 50.4 Å². The molecule has 4 aliphatic heterocycles. The number of pyridine rings is 4. The lowest BCUT2D eigenvalue weighted by Crippen LogP contribution is -2.48. The van der Waals surface area contributed by atoms with Gasteiger partial charge in [-0.1, -0.05) is 0 Å². The van der Waals surface area contributed by atoms with Crippen molar-refractivity contribution in [2.75, 3.05) is 57.2 Å². The molecule has 17 heteroatoms. The monoisotopic (exact) mass is 756 g/mol. The average Bonchev–Trinajstić information content (AvgIpc) is 3.81. The largest absolute Gasteiger partial charge is 0.380 e. The molecule has 284 valence electrons. The summed E-state index contributed by atoms with van der Waals surface area (Å²) >= 11 is 0. The number of hydrogen-bond acceptors (Lipinski definition) is 13. The second-order valence-corrected chi connectivity index (χ2v) is 13.7. The van der Waals surface area contributed by atoms with Gasteiger partial charge in [-0.05, 0) is 75.2 Å². The zero-order chi connectivity index (χ0) is 38.8. The van der Waals surface area contributed by atoms with E-state index >= 15 is 0 Å². The second-order valence-electron chi connectivity index (χ2n) is 13.7. The van der Waals surface area contributed by atoms with Gasteiger partial charge in [0.1, 0.15) is 0 Å². The molecule has 0 aliphatic carbocycles. The summed E-state index contributed by atoms with van der Waals surface area (Å²) < 4.78 is 25.9. The molecule has 0 saturated carbocycles. The van der Waals surface area contributed by atoms with E-state index in [1.165, 1.54) is 36.9 Å². The first-order valence-corrected chi connectivity index (χ1v) is 18.1. The van der Waals surface area contributed by atoms with E-state index in [0.29, 0.717) is 11.9 Å². The van der Waals surface area contributed by atoms with E-state index < -0.39 is 17.9 Å². The van der Waals surface area contributed by atoms with Crippen molar-refractivity contribution >= 4 is 40.7 Å². The summed E-state index contributed by atoms with van der Waals surface area (Å²) in [6.45, 7) is 7.74. The lowest BCUT2D eigenvalue weighted by molar-refractivity contribution is 0.254. The summed E-state index contributed by atoms with van der Waals surface area (Å²) in [5.74, 6) is -0.297. The van der Waals surface area contributed by atoms with Gasteiger partial charge in [0, 0.05) is 91.9 Å². The molecular formula is C39H38F2N14O. The Bertz CT molecular complexity index is 2380. The van der Waals surface area contributed by atoms with E-state index in [1.54, 1.807) is 11.1 Å². The van der Waals surface area contributed by atoms with Gasteiger partial charge in [-0.3, -0.25) is 20.2 Å². The van der Waals surface area contributed by atoms with Crippen LogP contribution in [0.2, 0.25) is 0 Å². The number of rotatable bonds is 3. The number of anilines is 6. The highest BCUT2D eigenvalue weighted by Crippen LogP contribution is 2.40. The molecular weight excluding hydrogens is 719 g/mol. The van der Waals surface area contributed by atoms with Crippen LogP contribution in [0.3, 0.4) is 0 Å². The van der Waals surface area contributed by atoms with Crippen molar-refractivity contribution in [2.45, 2.75) is 38.8 Å². The minimum absolute atomic E-state index is 0.0378. The normalized spacial score (nSPS) is 17.0. The summed E-state index contributed by atoms with van der Waals surface area (Å²) in [5, 5.41) is 6.09. The molecule has 56 heavy (non-hydrogen) atoms. The van der Waals surface area contributed by atoms with Crippen LogP contribution >= 0.6 is 0 Å². The first-order chi connectivity index (χ1) is 27.2. The molecule has 6 aromatic heterocycles. The number of hydrogen-bond donors (Lipinski definition) is 3. The van der Waals surface area contributed by atoms with E-state index in [4.69, 9.17) is 15.7 Å². The summed E-state index contributed by atoms with van der Waals surface area (Å²) in [7, 11) is 0. The van der Waals surface area contributed by atoms with Gasteiger partial charge >= 0.3 is 6.03 Å². The third-order valence-corrected chi connectivity index (χ3v) is 9.86. The summed E-state index contributed by atoms with van der Waals surface area (Å²) in [6, 6.07) is 16.2. The Morgan fingerprint density at radius 3 is 2.02 bits per heavy atom. The van der Waals surface area contributed by atoms with Crippen LogP contribution in [0.15, 0.2) is 85.7 Å². The Balaban J connectivity index is 0.000000139. The van der Waals surface area contributed by atoms with Gasteiger partial charge in [0.2, 0.25) is 0 Å². The van der Waals surface area contributed by atoms with E-state index in [0.717, 1.165) is 78.0 Å². The third kappa shape index (κ3) is 7.55. The molecule has 0 aromatic carbocycles. The first-order valence-electron chi connectivity index (χ1n) is 18.1. The van der Waals surface area contributed by atoms with Crippen LogP contribution in [-0.4, -0.2) is 84.2 Å². The maximum Gasteiger partial charge on any atom is 0.329 e. The number of aryl methyl sites for hydroxylation is 2. The SMILES string of the molecule is Cc1cc(-c2ccc3c(n2)N(C(=O)Nc2nccnc2F)[C@H]2CCN3C2)ccn1.Cc1cc(-c2ccc3c(n2)N[C@H]2CCN3C2)ccn1.Nc1nccnc1F. The van der Waals surface area contributed by atoms with Gasteiger partial charge < -0.3 is 20.9 Å². The van der Waals surface area contributed by atoms with Crippen LogP contribution in [0.4, 0.5) is 48.2 Å². The second kappa shape index (κ2) is 15.4. The number of nitrogens with one attached hydrogen (secondary N) is 2. The van der Waals surface area contributed by atoms with Crippen molar-refractivity contribution in [2.24, 2.45) is 0 Å². The van der Waals surface area contributed by atoms with Crippen LogP contribution in [-0.2, 0) is 0 Å². The molecule has 4 aliphatic rings. The average molecular weight is 757 g/mol. The van der Waals surface area contributed by atoms with Crippen molar-refractivity contribution < 1.29 is 13.6 Å². The number of fused-ring (bicyclic) bond motifs is 8. The quantitative estimate of drug-likeness (QED) is 0.201. The minimum atomic E-state index is -0.819. The number of aromatic nitrogens is 8.